The highest BCUT2D eigenvalue weighted by Crippen LogP contribution is 2.62. The number of rotatable bonds is 3. The van der Waals surface area contributed by atoms with Gasteiger partial charge in [-0.2, -0.15) is 0 Å². The first kappa shape index (κ1) is 13.1. The second kappa shape index (κ2) is 4.10. The van der Waals surface area contributed by atoms with Crippen LogP contribution in [0.5, 0.6) is 0 Å². The molecule has 0 spiro atoms. The molecule has 0 atom stereocenters. The van der Waals surface area contributed by atoms with E-state index in [9.17, 15) is 0 Å². The van der Waals surface area contributed by atoms with Crippen molar-refractivity contribution in [2.75, 3.05) is 0 Å². The fourth-order valence-corrected chi connectivity index (χ4v) is 3.35. The van der Waals surface area contributed by atoms with Crippen LogP contribution in [0.1, 0.15) is 38.8 Å². The standard InChI is InChI=1S/C15H22BrN/c1-10-6-7-11(12(16)8-10)9-17-13-14(2,3)15(13,4)5/h6-8,13,17H,9H2,1-5H3. The van der Waals surface area contributed by atoms with Crippen LogP contribution < -0.4 is 5.32 Å². The largest absolute Gasteiger partial charge is 0.309 e. The third-order valence-electron chi connectivity index (χ3n) is 4.73. The van der Waals surface area contributed by atoms with E-state index in [4.69, 9.17) is 0 Å². The number of halogens is 1. The number of nitrogens with one attached hydrogen (secondary N) is 1. The molecule has 2 rings (SSSR count). The Balaban J connectivity index is 2.00. The summed E-state index contributed by atoms with van der Waals surface area (Å²) in [6.45, 7) is 12.4. The van der Waals surface area contributed by atoms with Crippen molar-refractivity contribution in [3.63, 3.8) is 0 Å². The Hall–Kier alpha value is -0.340. The summed E-state index contributed by atoms with van der Waals surface area (Å²) in [5, 5.41) is 3.68. The van der Waals surface area contributed by atoms with Crippen LogP contribution in [0.25, 0.3) is 0 Å². The summed E-state index contributed by atoms with van der Waals surface area (Å²) >= 11 is 3.63. The third kappa shape index (κ3) is 2.17. The van der Waals surface area contributed by atoms with Crippen molar-refractivity contribution < 1.29 is 0 Å². The van der Waals surface area contributed by atoms with E-state index >= 15 is 0 Å². The molecule has 17 heavy (non-hydrogen) atoms. The van der Waals surface area contributed by atoms with Gasteiger partial charge < -0.3 is 5.32 Å². The summed E-state index contributed by atoms with van der Waals surface area (Å²) in [5.74, 6) is 0. The monoisotopic (exact) mass is 295 g/mol. The molecule has 0 amide bonds. The molecular formula is C15H22BrN. The van der Waals surface area contributed by atoms with Crippen molar-refractivity contribution in [1.82, 2.24) is 5.32 Å². The molecule has 0 heterocycles. The van der Waals surface area contributed by atoms with Gasteiger partial charge in [-0.25, -0.2) is 0 Å². The van der Waals surface area contributed by atoms with Gasteiger partial charge in [0.25, 0.3) is 0 Å². The van der Waals surface area contributed by atoms with E-state index in [1.165, 1.54) is 15.6 Å². The van der Waals surface area contributed by atoms with E-state index in [-0.39, 0.29) is 0 Å². The van der Waals surface area contributed by atoms with Gasteiger partial charge in [0.1, 0.15) is 0 Å². The molecule has 0 radical (unpaired) electrons. The second-order valence-corrected chi connectivity index (χ2v) is 7.21. The van der Waals surface area contributed by atoms with Crippen LogP contribution in [0.2, 0.25) is 0 Å². The van der Waals surface area contributed by atoms with Crippen molar-refractivity contribution in [3.8, 4) is 0 Å². The summed E-state index contributed by atoms with van der Waals surface area (Å²) in [7, 11) is 0. The molecule has 1 aromatic carbocycles. The van der Waals surface area contributed by atoms with Crippen LogP contribution in [0.15, 0.2) is 22.7 Å². The molecule has 1 N–H and O–H groups in total. The lowest BCUT2D eigenvalue weighted by Crippen LogP contribution is -2.21. The van der Waals surface area contributed by atoms with Crippen molar-refractivity contribution in [3.05, 3.63) is 33.8 Å². The molecule has 0 bridgehead atoms. The summed E-state index contributed by atoms with van der Waals surface area (Å²) in [6, 6.07) is 7.17. The number of hydrogen-bond acceptors (Lipinski definition) is 1. The molecule has 1 aliphatic carbocycles. The normalized spacial score (nSPS) is 21.5. The average molecular weight is 296 g/mol. The molecule has 0 aliphatic heterocycles. The zero-order valence-corrected chi connectivity index (χ0v) is 13.0. The van der Waals surface area contributed by atoms with E-state index in [0.717, 1.165) is 6.54 Å². The van der Waals surface area contributed by atoms with Crippen LogP contribution in [-0.4, -0.2) is 6.04 Å². The minimum Gasteiger partial charge on any atom is -0.309 e. The van der Waals surface area contributed by atoms with E-state index < -0.39 is 0 Å². The SMILES string of the molecule is Cc1ccc(CNC2C(C)(C)C2(C)C)c(Br)c1. The van der Waals surface area contributed by atoms with E-state index in [0.29, 0.717) is 16.9 Å². The number of benzene rings is 1. The lowest BCUT2D eigenvalue weighted by molar-refractivity contribution is 0.457. The molecule has 1 aliphatic rings. The van der Waals surface area contributed by atoms with Crippen LogP contribution >= 0.6 is 15.9 Å². The number of hydrogen-bond donors (Lipinski definition) is 1. The molecule has 1 fully saturated rings. The van der Waals surface area contributed by atoms with Gasteiger partial charge in [0.15, 0.2) is 0 Å². The highest BCUT2D eigenvalue weighted by atomic mass is 79.9. The zero-order valence-electron chi connectivity index (χ0n) is 11.4. The Labute approximate surface area is 113 Å². The Morgan fingerprint density at radius 1 is 1.18 bits per heavy atom. The molecule has 0 unspecified atom stereocenters. The molecule has 0 aromatic heterocycles. The fourth-order valence-electron chi connectivity index (χ4n) is 2.71. The highest BCUT2D eigenvalue weighted by Gasteiger charge is 2.64. The Kier molecular flexibility index (Phi) is 3.16. The summed E-state index contributed by atoms with van der Waals surface area (Å²) in [6.07, 6.45) is 0. The van der Waals surface area contributed by atoms with E-state index in [2.05, 4.69) is 74.1 Å². The van der Waals surface area contributed by atoms with Crippen molar-refractivity contribution in [2.24, 2.45) is 10.8 Å². The van der Waals surface area contributed by atoms with Crippen molar-refractivity contribution in [2.45, 2.75) is 47.2 Å². The van der Waals surface area contributed by atoms with Gasteiger partial charge in [0.2, 0.25) is 0 Å². The van der Waals surface area contributed by atoms with Gasteiger partial charge in [-0.1, -0.05) is 55.8 Å². The maximum absolute atomic E-state index is 3.68. The molecule has 94 valence electrons. The summed E-state index contributed by atoms with van der Waals surface area (Å²) < 4.78 is 1.21. The smallest absolute Gasteiger partial charge is 0.0222 e. The quantitative estimate of drug-likeness (QED) is 0.877. The number of aryl methyl sites for hydroxylation is 1. The van der Waals surface area contributed by atoms with Gasteiger partial charge >= 0.3 is 0 Å². The van der Waals surface area contributed by atoms with Gasteiger partial charge in [-0.05, 0) is 34.9 Å². The molecule has 1 nitrogen and oxygen atoms in total. The molecule has 1 aromatic rings. The first-order valence-electron chi connectivity index (χ1n) is 6.25. The van der Waals surface area contributed by atoms with Crippen molar-refractivity contribution in [1.29, 1.82) is 0 Å². The molecule has 0 saturated heterocycles. The van der Waals surface area contributed by atoms with E-state index in [1.807, 2.05) is 0 Å². The maximum Gasteiger partial charge on any atom is 0.0222 e. The van der Waals surface area contributed by atoms with Crippen molar-refractivity contribution >= 4 is 15.9 Å². The van der Waals surface area contributed by atoms with Crippen LogP contribution in [0, 0.1) is 17.8 Å². The molecule has 2 heteroatoms. The average Bonchev–Trinajstić information content (AvgIpc) is 2.58. The third-order valence-corrected chi connectivity index (χ3v) is 5.46. The fraction of sp³-hybridized carbons (Fsp3) is 0.600. The molecular weight excluding hydrogens is 274 g/mol. The Morgan fingerprint density at radius 3 is 2.24 bits per heavy atom. The van der Waals surface area contributed by atoms with Crippen LogP contribution in [0.3, 0.4) is 0 Å². The minimum absolute atomic E-state index is 0.407. The predicted molar refractivity (Wildman–Crippen MR) is 77.1 cm³/mol. The lowest BCUT2D eigenvalue weighted by Gasteiger charge is -2.09. The first-order valence-corrected chi connectivity index (χ1v) is 7.04. The Morgan fingerprint density at radius 2 is 1.76 bits per heavy atom. The second-order valence-electron chi connectivity index (χ2n) is 6.35. The maximum atomic E-state index is 3.68. The van der Waals surface area contributed by atoms with Gasteiger partial charge in [-0.15, -0.1) is 0 Å². The Bertz CT molecular complexity index is 421. The summed E-state index contributed by atoms with van der Waals surface area (Å²) in [4.78, 5) is 0. The predicted octanol–water partition coefficient (Wildman–Crippen LogP) is 4.28. The minimum atomic E-state index is 0.407. The van der Waals surface area contributed by atoms with Gasteiger partial charge in [0, 0.05) is 17.1 Å². The highest BCUT2D eigenvalue weighted by molar-refractivity contribution is 9.10. The van der Waals surface area contributed by atoms with Crippen LogP contribution in [-0.2, 0) is 6.54 Å². The van der Waals surface area contributed by atoms with E-state index in [1.54, 1.807) is 0 Å². The topological polar surface area (TPSA) is 12.0 Å². The van der Waals surface area contributed by atoms with Gasteiger partial charge in [0.05, 0.1) is 0 Å². The molecule has 1 saturated carbocycles. The van der Waals surface area contributed by atoms with Crippen LogP contribution in [0.4, 0.5) is 0 Å². The lowest BCUT2D eigenvalue weighted by atomic mass is 10.0. The first-order chi connectivity index (χ1) is 7.76. The zero-order chi connectivity index (χ0) is 12.8. The van der Waals surface area contributed by atoms with Gasteiger partial charge in [-0.3, -0.25) is 0 Å². The summed E-state index contributed by atoms with van der Waals surface area (Å²) in [5.41, 5.74) is 3.45.